The first-order valence-corrected chi connectivity index (χ1v) is 27.0. The van der Waals surface area contributed by atoms with Crippen molar-refractivity contribution in [2.24, 2.45) is 28.9 Å². The summed E-state index contributed by atoms with van der Waals surface area (Å²) >= 11 is 0. The van der Waals surface area contributed by atoms with Crippen LogP contribution in [0.2, 0.25) is 0 Å². The molecule has 0 aliphatic rings. The number of nitrogens with one attached hydrogen (secondary N) is 12. The van der Waals surface area contributed by atoms with Gasteiger partial charge >= 0.3 is 12.0 Å². The number of fused-ring (bicyclic) bond motifs is 1. The molecule has 23 N–H and O–H groups in total. The van der Waals surface area contributed by atoms with Gasteiger partial charge in [0.2, 0.25) is 59.1 Å². The lowest BCUT2D eigenvalue weighted by Crippen LogP contribution is -2.61. The maximum atomic E-state index is 14.4. The number of para-hydroxylation sites is 1. The molecule has 0 unspecified atom stereocenters. The minimum Gasteiger partial charge on any atom is -0.508 e. The Bertz CT molecular complexity index is 3070. The van der Waals surface area contributed by atoms with Crippen molar-refractivity contribution in [3.05, 3.63) is 102 Å². The number of carbonyl (C=O) groups excluding carboxylic acids is 11. The van der Waals surface area contributed by atoms with Crippen LogP contribution in [0.25, 0.3) is 10.9 Å². The zero-order valence-electron chi connectivity index (χ0n) is 47.1. The van der Waals surface area contributed by atoms with Crippen LogP contribution in [0.15, 0.2) is 85.1 Å². The second-order valence-electron chi connectivity index (χ2n) is 20.4. The molecule has 0 saturated carbocycles. The van der Waals surface area contributed by atoms with Crippen molar-refractivity contribution in [1.82, 2.24) is 58.2 Å². The molecule has 86 heavy (non-hydrogen) atoms. The fourth-order valence-corrected chi connectivity index (χ4v) is 8.71. The molecule has 8 atom stereocenters. The van der Waals surface area contributed by atoms with Gasteiger partial charge in [-0.3, -0.25) is 53.4 Å². The molecule has 0 saturated heterocycles. The van der Waals surface area contributed by atoms with E-state index in [2.05, 4.69) is 58.2 Å². The number of aliphatic carboxylic acids is 1. The molecule has 31 nitrogen and oxygen atoms in total. The van der Waals surface area contributed by atoms with Crippen molar-refractivity contribution < 1.29 is 72.9 Å². The summed E-state index contributed by atoms with van der Waals surface area (Å²) in [5, 5.41) is 61.7. The number of nitrogens with two attached hydrogens (primary N) is 4. The maximum Gasteiger partial charge on any atom is 0.326 e. The van der Waals surface area contributed by atoms with Gasteiger partial charge in [0, 0.05) is 42.9 Å². The van der Waals surface area contributed by atoms with Crippen molar-refractivity contribution in [2.75, 3.05) is 19.7 Å². The summed E-state index contributed by atoms with van der Waals surface area (Å²) in [6, 6.07) is 6.48. The summed E-state index contributed by atoms with van der Waals surface area (Å²) in [5.74, 6) is -12.6. The molecule has 4 rings (SSSR count). The molecule has 0 radical (unpaired) electrons. The second kappa shape index (κ2) is 33.7. The van der Waals surface area contributed by atoms with E-state index in [0.29, 0.717) is 27.6 Å². The number of aliphatic hydroxyl groups excluding tert-OH is 1. The third-order valence-corrected chi connectivity index (χ3v) is 12.9. The first-order valence-electron chi connectivity index (χ1n) is 27.0. The fourth-order valence-electron chi connectivity index (χ4n) is 8.71. The minimum absolute atomic E-state index is 0.0458. The number of rotatable bonds is 35. The monoisotopic (exact) mass is 1200 g/mol. The van der Waals surface area contributed by atoms with E-state index in [9.17, 15) is 72.9 Å². The van der Waals surface area contributed by atoms with Gasteiger partial charge in [-0.2, -0.15) is 0 Å². The number of phenolic OH excluding ortho intramolecular Hbond substituents is 1. The van der Waals surface area contributed by atoms with Crippen molar-refractivity contribution in [1.29, 1.82) is 5.41 Å². The van der Waals surface area contributed by atoms with Gasteiger partial charge in [-0.1, -0.05) is 74.5 Å². The van der Waals surface area contributed by atoms with Crippen LogP contribution in [0.1, 0.15) is 62.6 Å². The second-order valence-corrected chi connectivity index (χ2v) is 20.4. The number of aliphatic hydroxyl groups is 1. The first-order chi connectivity index (χ1) is 40.7. The van der Waals surface area contributed by atoms with Crippen molar-refractivity contribution in [3.63, 3.8) is 0 Å². The topological polar surface area (TPSA) is 530 Å². The highest BCUT2D eigenvalue weighted by Gasteiger charge is 2.36. The number of H-pyrrole nitrogens is 1. The smallest absolute Gasteiger partial charge is 0.326 e. The third-order valence-electron chi connectivity index (χ3n) is 12.9. The summed E-state index contributed by atoms with van der Waals surface area (Å²) in [4.78, 5) is 163. The number of hydrogen-bond donors (Lipinski definition) is 19. The lowest BCUT2D eigenvalue weighted by molar-refractivity contribution is -0.142. The minimum atomic E-state index is -1.93. The SMILES string of the molecule is CC(C)C[C@H](NC(=O)CNC(=O)[C@H](Cc1ccccc1)NC(=O)[C@H](CO)NC(=O)[C@H](CC(N)=O)NC(=O)[C@H](Cc1c[nH]c2ccccc12)NC(=O)[C@H](CC(N)=O)NC(=O)[C@@H](Cc1ccc(O)cc1)NC(N)=O)C(=O)N[C@@H](CCCNC(=N)N)C(=O)O. The molecule has 0 bridgehead atoms. The Kier molecular flexibility index (Phi) is 26.7. The highest BCUT2D eigenvalue weighted by Crippen LogP contribution is 2.20. The van der Waals surface area contributed by atoms with Crippen LogP contribution in [-0.4, -0.2) is 165 Å². The number of primary amides is 3. The number of carbonyl (C=O) groups is 12. The maximum absolute atomic E-state index is 14.4. The highest BCUT2D eigenvalue weighted by atomic mass is 16.4. The zero-order valence-corrected chi connectivity index (χ0v) is 47.1. The van der Waals surface area contributed by atoms with Crippen molar-refractivity contribution >= 4 is 87.9 Å². The number of guanidine groups is 1. The van der Waals surface area contributed by atoms with Gasteiger partial charge in [-0.15, -0.1) is 0 Å². The van der Waals surface area contributed by atoms with E-state index in [1.807, 2.05) is 0 Å². The molecule has 1 aromatic heterocycles. The first kappa shape index (κ1) is 68.2. The molecule has 3 aromatic carbocycles. The number of benzene rings is 3. The van der Waals surface area contributed by atoms with E-state index in [-0.39, 0.29) is 62.7 Å². The van der Waals surface area contributed by atoms with Crippen LogP contribution in [0.3, 0.4) is 0 Å². The molecule has 0 aliphatic heterocycles. The Labute approximate surface area is 492 Å². The largest absolute Gasteiger partial charge is 0.508 e. The van der Waals surface area contributed by atoms with Gasteiger partial charge in [-0.05, 0) is 60.1 Å². The van der Waals surface area contributed by atoms with Crippen LogP contribution in [0, 0.1) is 11.3 Å². The number of phenols is 1. The molecule has 464 valence electrons. The van der Waals surface area contributed by atoms with Crippen LogP contribution < -0.4 is 76.1 Å². The zero-order chi connectivity index (χ0) is 63.6. The van der Waals surface area contributed by atoms with Crippen LogP contribution >= 0.6 is 0 Å². The van der Waals surface area contributed by atoms with Gasteiger partial charge in [-0.25, -0.2) is 9.59 Å². The molecule has 12 amide bonds. The van der Waals surface area contributed by atoms with E-state index in [1.165, 1.54) is 30.5 Å². The number of amides is 12. The Morgan fingerprint density at radius 1 is 0.535 bits per heavy atom. The summed E-state index contributed by atoms with van der Waals surface area (Å²) in [6.07, 6.45) is -0.813. The Balaban J connectivity index is 1.54. The van der Waals surface area contributed by atoms with Gasteiger partial charge in [0.1, 0.15) is 54.1 Å². The van der Waals surface area contributed by atoms with E-state index in [0.717, 1.165) is 0 Å². The Morgan fingerprint density at radius 3 is 1.55 bits per heavy atom. The summed E-state index contributed by atoms with van der Waals surface area (Å²) < 4.78 is 0. The molecule has 0 spiro atoms. The standard InChI is InChI=1S/C55H74N16O15/c1-28(2)19-36(47(78)65-35(53(84)85)13-8-18-61-54(58)59)64-45(76)26-63-46(77)37(20-29-9-4-3-5-10-29)66-52(83)42(27-72)70-51(82)41(24-44(57)75)69-49(80)39(22-31-25-62-34-12-7-6-11-33(31)34)67-50(81)40(23-43(56)74)68-48(79)38(71-55(60)86)21-30-14-16-32(73)17-15-30/h3-7,9-12,14-17,25,28,35-42,62,72-73H,8,13,18-24,26-27H2,1-2H3,(H2,56,74)(H2,57,75)(H,63,77)(H,64,76)(H,65,78)(H,66,83)(H,67,81)(H,68,79)(H,69,80)(H,70,82)(H,84,85)(H4,58,59,61)(H3,60,71,86)/t35-,36-,37-,38+,39-,40-,41-,42-/m0/s1. The Hall–Kier alpha value is -10.3. The normalized spacial score (nSPS) is 13.7. The lowest BCUT2D eigenvalue weighted by atomic mass is 10.0. The molecular weight excluding hydrogens is 1120 g/mol. The van der Waals surface area contributed by atoms with Gasteiger partial charge in [0.25, 0.3) is 0 Å². The summed E-state index contributed by atoms with van der Waals surface area (Å²) in [7, 11) is 0. The number of aromatic hydroxyl groups is 1. The average Bonchev–Trinajstić information content (AvgIpc) is 4.11. The molecule has 1 heterocycles. The average molecular weight is 1200 g/mol. The van der Waals surface area contributed by atoms with Crippen LogP contribution in [-0.2, 0) is 72.0 Å². The molecule has 31 heteroatoms. The van der Waals surface area contributed by atoms with Crippen LogP contribution in [0.5, 0.6) is 5.75 Å². The lowest BCUT2D eigenvalue weighted by Gasteiger charge is -2.27. The molecular formula is C55H74N16O15. The number of aromatic amines is 1. The molecule has 0 aliphatic carbocycles. The number of carboxylic acid groups (broad SMARTS) is 1. The fraction of sp³-hybridized carbons (Fsp3) is 0.400. The molecule has 0 fully saturated rings. The van der Waals surface area contributed by atoms with E-state index in [4.69, 9.17) is 28.3 Å². The number of aromatic nitrogens is 1. The predicted octanol–water partition coefficient (Wildman–Crippen LogP) is -4.41. The van der Waals surface area contributed by atoms with Crippen LogP contribution in [0.4, 0.5) is 4.79 Å². The summed E-state index contributed by atoms with van der Waals surface area (Å²) in [5.41, 5.74) is 23.6. The summed E-state index contributed by atoms with van der Waals surface area (Å²) in [6.45, 7) is 1.77. The van der Waals surface area contributed by atoms with Gasteiger partial charge < -0.3 is 96.4 Å². The van der Waals surface area contributed by atoms with Gasteiger partial charge in [0.05, 0.1) is 26.0 Å². The molecule has 4 aromatic rings. The quantitative estimate of drug-likeness (QED) is 0.0117. The number of urea groups is 1. The van der Waals surface area contributed by atoms with Crippen molar-refractivity contribution in [3.8, 4) is 5.75 Å². The third kappa shape index (κ3) is 23.1. The van der Waals surface area contributed by atoms with Gasteiger partial charge in [0.15, 0.2) is 5.96 Å². The predicted molar refractivity (Wildman–Crippen MR) is 308 cm³/mol. The van der Waals surface area contributed by atoms with Crippen molar-refractivity contribution in [2.45, 2.75) is 114 Å². The Morgan fingerprint density at radius 2 is 1.01 bits per heavy atom. The number of carboxylic acids is 1. The van der Waals surface area contributed by atoms with E-state index >= 15 is 0 Å². The number of hydrogen-bond acceptors (Lipinski definition) is 15. The highest BCUT2D eigenvalue weighted by molar-refractivity contribution is 6.00. The van der Waals surface area contributed by atoms with E-state index in [1.54, 1.807) is 68.4 Å². The van der Waals surface area contributed by atoms with E-state index < -0.39 is 145 Å².